The van der Waals surface area contributed by atoms with Crippen LogP contribution in [0.3, 0.4) is 0 Å². The van der Waals surface area contributed by atoms with E-state index in [0.717, 1.165) is 51.6 Å². The third kappa shape index (κ3) is 5.12. The number of nitrogens with two attached hydrogens (primary N) is 2. The summed E-state index contributed by atoms with van der Waals surface area (Å²) >= 11 is 5.81. The summed E-state index contributed by atoms with van der Waals surface area (Å²) in [6, 6.07) is 11.2. The predicted octanol–water partition coefficient (Wildman–Crippen LogP) is 4.79. The summed E-state index contributed by atoms with van der Waals surface area (Å²) in [5.41, 5.74) is 17.7. The Morgan fingerprint density at radius 1 is 0.763 bits per heavy atom. The maximum Gasteiger partial charge on any atom is 0.158 e. The van der Waals surface area contributed by atoms with E-state index in [2.05, 4.69) is 24.9 Å². The van der Waals surface area contributed by atoms with E-state index in [9.17, 15) is 0 Å². The minimum atomic E-state index is 0.341. The molecule has 190 valence electrons. The molecule has 0 bridgehead atoms. The van der Waals surface area contributed by atoms with Crippen LogP contribution in [0.4, 0.5) is 11.4 Å². The summed E-state index contributed by atoms with van der Waals surface area (Å²) in [6.07, 6.45) is 15.1. The zero-order valence-corrected chi connectivity index (χ0v) is 21.2. The molecule has 10 nitrogen and oxygen atoms in total. The molecule has 4 heterocycles. The van der Waals surface area contributed by atoms with E-state index in [4.69, 9.17) is 28.1 Å². The molecular formula is C27H25ClN10. The minimum Gasteiger partial charge on any atom is -0.399 e. The molecular weight excluding hydrogens is 500 g/mol. The number of hydrogen-bond donors (Lipinski definition) is 2. The van der Waals surface area contributed by atoms with Crippen LogP contribution in [0.5, 0.6) is 0 Å². The molecule has 1 saturated carbocycles. The van der Waals surface area contributed by atoms with Crippen molar-refractivity contribution < 1.29 is 0 Å². The lowest BCUT2D eigenvalue weighted by Gasteiger charge is -2.06. The first-order chi connectivity index (χ1) is 18.5. The molecule has 1 aliphatic rings. The summed E-state index contributed by atoms with van der Waals surface area (Å²) < 4.78 is 3.74. The van der Waals surface area contributed by atoms with E-state index in [1.807, 2.05) is 47.2 Å². The van der Waals surface area contributed by atoms with Crippen LogP contribution in [0.25, 0.3) is 33.7 Å². The number of halogens is 1. The van der Waals surface area contributed by atoms with Crippen LogP contribution < -0.4 is 11.5 Å². The maximum atomic E-state index is 5.87. The molecule has 4 N–H and O–H groups in total. The van der Waals surface area contributed by atoms with E-state index >= 15 is 0 Å². The first-order valence-electron chi connectivity index (χ1n) is 12.3. The second-order valence-electron chi connectivity index (χ2n) is 9.28. The first kappa shape index (κ1) is 23.8. The van der Waals surface area contributed by atoms with Gasteiger partial charge in [0.05, 0.1) is 46.4 Å². The van der Waals surface area contributed by atoms with Crippen molar-refractivity contribution in [2.24, 2.45) is 5.92 Å². The molecule has 0 atom stereocenters. The fourth-order valence-corrected chi connectivity index (χ4v) is 4.40. The normalized spacial score (nSPS) is 13.0. The zero-order valence-electron chi connectivity index (χ0n) is 20.4. The number of aromatic nitrogens is 8. The summed E-state index contributed by atoms with van der Waals surface area (Å²) in [7, 11) is 0. The molecule has 0 radical (unpaired) electrons. The molecule has 0 saturated heterocycles. The van der Waals surface area contributed by atoms with Crippen molar-refractivity contribution in [3.8, 4) is 11.6 Å². The highest BCUT2D eigenvalue weighted by Gasteiger charge is 2.21. The van der Waals surface area contributed by atoms with Crippen LogP contribution in [-0.2, 0) is 6.42 Å². The third-order valence-corrected chi connectivity index (χ3v) is 6.59. The highest BCUT2D eigenvalue weighted by atomic mass is 35.5. The Hall–Kier alpha value is -4.57. The summed E-state index contributed by atoms with van der Waals surface area (Å²) in [5, 5.41) is 0.341. The van der Waals surface area contributed by atoms with E-state index in [0.29, 0.717) is 16.7 Å². The van der Waals surface area contributed by atoms with E-state index in [1.165, 1.54) is 25.5 Å². The van der Waals surface area contributed by atoms with Crippen LogP contribution in [0, 0.1) is 5.92 Å². The average molecular weight is 525 g/mol. The first-order valence-corrected chi connectivity index (χ1v) is 12.7. The fraction of sp³-hybridized carbons (Fsp3) is 0.185. The Kier molecular flexibility index (Phi) is 6.30. The van der Waals surface area contributed by atoms with Gasteiger partial charge in [0, 0.05) is 17.6 Å². The molecule has 11 heteroatoms. The summed E-state index contributed by atoms with van der Waals surface area (Å²) in [6.45, 7) is 0. The van der Waals surface area contributed by atoms with Crippen LogP contribution in [0.15, 0.2) is 73.8 Å². The van der Waals surface area contributed by atoms with Gasteiger partial charge in [0.25, 0.3) is 0 Å². The Morgan fingerprint density at radius 2 is 1.34 bits per heavy atom. The number of hydrogen-bond acceptors (Lipinski definition) is 8. The monoisotopic (exact) mass is 524 g/mol. The summed E-state index contributed by atoms with van der Waals surface area (Å²) in [5.74, 6) is 2.33. The number of nitrogens with zero attached hydrogens (tertiary/aromatic N) is 8. The van der Waals surface area contributed by atoms with Crippen LogP contribution in [-0.4, -0.2) is 39.0 Å². The molecule has 0 aliphatic heterocycles. The summed E-state index contributed by atoms with van der Waals surface area (Å²) in [4.78, 5) is 25.9. The SMILES string of the molecule is Nc1ccc2ncn(-c3cncc(CCC4CC4)n3)c2c1.Nc1ccc2ncn(-c3cncc(Cl)n3)c2c1. The number of rotatable bonds is 5. The van der Waals surface area contributed by atoms with Gasteiger partial charge < -0.3 is 11.5 Å². The lowest BCUT2D eigenvalue weighted by Crippen LogP contribution is -2.01. The molecule has 0 amide bonds. The van der Waals surface area contributed by atoms with Gasteiger partial charge in [0.1, 0.15) is 17.8 Å². The maximum absolute atomic E-state index is 5.87. The van der Waals surface area contributed by atoms with Crippen molar-refractivity contribution in [3.05, 3.63) is 84.7 Å². The second kappa shape index (κ2) is 10.1. The molecule has 1 aliphatic carbocycles. The van der Waals surface area contributed by atoms with Gasteiger partial charge in [-0.3, -0.25) is 19.1 Å². The van der Waals surface area contributed by atoms with Crippen molar-refractivity contribution >= 4 is 45.0 Å². The lowest BCUT2D eigenvalue weighted by atomic mass is 10.2. The van der Waals surface area contributed by atoms with Gasteiger partial charge in [0.2, 0.25) is 0 Å². The standard InChI is InChI=1S/C16H17N5.C11H8ClN5/c17-12-4-6-14-15(7-12)21(10-19-14)16-9-18-8-13(20-16)5-3-11-1-2-11;12-10-4-14-5-11(16-10)17-6-15-8-2-1-7(13)3-9(8)17/h4,6-11H,1-3,5,17H2;1-6H,13H2. The highest BCUT2D eigenvalue weighted by molar-refractivity contribution is 6.29. The average Bonchev–Trinajstić information content (AvgIpc) is 3.52. The van der Waals surface area contributed by atoms with Gasteiger partial charge in [-0.1, -0.05) is 24.4 Å². The van der Waals surface area contributed by atoms with E-state index in [-0.39, 0.29) is 0 Å². The molecule has 38 heavy (non-hydrogen) atoms. The Morgan fingerprint density at radius 3 is 1.92 bits per heavy atom. The van der Waals surface area contributed by atoms with Gasteiger partial charge in [-0.2, -0.15) is 0 Å². The Bertz CT molecular complexity index is 1740. The molecule has 0 spiro atoms. The number of nitrogen functional groups attached to an aromatic ring is 2. The van der Waals surface area contributed by atoms with Crippen LogP contribution in [0.1, 0.15) is 25.0 Å². The number of imidazole rings is 2. The van der Waals surface area contributed by atoms with Gasteiger partial charge in [-0.25, -0.2) is 19.9 Å². The van der Waals surface area contributed by atoms with Gasteiger partial charge in [-0.05, 0) is 55.2 Å². The van der Waals surface area contributed by atoms with Crippen LogP contribution >= 0.6 is 11.6 Å². The quantitative estimate of drug-likeness (QED) is 0.307. The molecule has 4 aromatic heterocycles. The predicted molar refractivity (Wildman–Crippen MR) is 148 cm³/mol. The van der Waals surface area contributed by atoms with Crippen molar-refractivity contribution in [2.75, 3.05) is 11.5 Å². The number of anilines is 2. The lowest BCUT2D eigenvalue weighted by molar-refractivity contribution is 0.708. The number of fused-ring (bicyclic) bond motifs is 2. The second-order valence-corrected chi connectivity index (χ2v) is 9.66. The smallest absolute Gasteiger partial charge is 0.158 e. The van der Waals surface area contributed by atoms with Crippen molar-refractivity contribution in [2.45, 2.75) is 25.7 Å². The Balaban J connectivity index is 0.000000142. The fourth-order valence-electron chi connectivity index (χ4n) is 4.25. The van der Waals surface area contributed by atoms with E-state index in [1.54, 1.807) is 29.6 Å². The van der Waals surface area contributed by atoms with E-state index < -0.39 is 0 Å². The Labute approximate surface area is 223 Å². The topological polar surface area (TPSA) is 139 Å². The van der Waals surface area contributed by atoms with Crippen molar-refractivity contribution in [1.29, 1.82) is 0 Å². The molecule has 0 unspecified atom stereocenters. The molecule has 6 aromatic rings. The highest BCUT2D eigenvalue weighted by Crippen LogP contribution is 2.33. The van der Waals surface area contributed by atoms with Crippen molar-refractivity contribution in [3.63, 3.8) is 0 Å². The number of benzene rings is 2. The van der Waals surface area contributed by atoms with Gasteiger partial charge in [0.15, 0.2) is 11.6 Å². The van der Waals surface area contributed by atoms with Crippen molar-refractivity contribution in [1.82, 2.24) is 39.0 Å². The largest absolute Gasteiger partial charge is 0.399 e. The molecule has 1 fully saturated rings. The molecule has 2 aromatic carbocycles. The zero-order chi connectivity index (χ0) is 26.1. The third-order valence-electron chi connectivity index (χ3n) is 6.41. The van der Waals surface area contributed by atoms with Gasteiger partial charge >= 0.3 is 0 Å². The minimum absolute atomic E-state index is 0.341. The number of aryl methyl sites for hydroxylation is 1. The van der Waals surface area contributed by atoms with Gasteiger partial charge in [-0.15, -0.1) is 0 Å². The molecule has 7 rings (SSSR count). The van der Waals surface area contributed by atoms with Crippen LogP contribution in [0.2, 0.25) is 5.15 Å².